The van der Waals surface area contributed by atoms with Crippen molar-refractivity contribution < 1.29 is 49.4 Å². The molecule has 3 atom stereocenters. The second kappa shape index (κ2) is 10.4. The molecule has 0 saturated carbocycles. The maximum atomic E-state index is 13.6. The molecule has 13 heteroatoms. The van der Waals surface area contributed by atoms with Crippen molar-refractivity contribution in [2.45, 2.75) is 70.4 Å². The van der Waals surface area contributed by atoms with E-state index >= 15 is 0 Å². The Balaban J connectivity index is 1.73. The van der Waals surface area contributed by atoms with Crippen LogP contribution < -0.4 is 0 Å². The van der Waals surface area contributed by atoms with Crippen molar-refractivity contribution in [1.82, 2.24) is 9.47 Å². The third kappa shape index (κ3) is 6.16. The molecule has 1 fully saturated rings. The summed E-state index contributed by atoms with van der Waals surface area (Å²) in [6, 6.07) is 4.86. The Labute approximate surface area is 223 Å². The first-order valence-corrected chi connectivity index (χ1v) is 12.1. The molecule has 0 bridgehead atoms. The first kappa shape index (κ1) is 29.9. The molecular formula is C27H25F9N2O2. The van der Waals surface area contributed by atoms with Crippen LogP contribution in [-0.2, 0) is 29.8 Å². The van der Waals surface area contributed by atoms with Gasteiger partial charge in [-0.1, -0.05) is 6.07 Å². The van der Waals surface area contributed by atoms with Crippen molar-refractivity contribution in [2.75, 3.05) is 0 Å². The van der Waals surface area contributed by atoms with E-state index in [2.05, 4.69) is 0 Å². The number of alkyl halides is 9. The number of benzene rings is 2. The van der Waals surface area contributed by atoms with Gasteiger partial charge in [-0.15, -0.1) is 0 Å². The summed E-state index contributed by atoms with van der Waals surface area (Å²) >= 11 is 0. The molecule has 4 rings (SSSR count). The topological polar surface area (TPSA) is 37.6 Å². The van der Waals surface area contributed by atoms with Gasteiger partial charge in [0.2, 0.25) is 6.41 Å². The minimum Gasteiger partial charge on any atom is -0.356 e. The van der Waals surface area contributed by atoms with Gasteiger partial charge in [-0.2, -0.15) is 39.5 Å². The second-order valence-corrected chi connectivity index (χ2v) is 9.95. The summed E-state index contributed by atoms with van der Waals surface area (Å²) in [7, 11) is 0. The van der Waals surface area contributed by atoms with Gasteiger partial charge in [-0.05, 0) is 79.4 Å². The predicted octanol–water partition coefficient (Wildman–Crippen LogP) is 8.03. The van der Waals surface area contributed by atoms with Gasteiger partial charge in [-0.3, -0.25) is 0 Å². The number of halogens is 9. The van der Waals surface area contributed by atoms with E-state index in [0.29, 0.717) is 23.3 Å². The highest BCUT2D eigenvalue weighted by Gasteiger charge is 2.43. The van der Waals surface area contributed by atoms with E-state index in [4.69, 9.17) is 4.74 Å². The van der Waals surface area contributed by atoms with E-state index in [1.165, 1.54) is 17.9 Å². The number of hydrogen-bond acceptors (Lipinski definition) is 3. The highest BCUT2D eigenvalue weighted by Crippen LogP contribution is 2.42. The van der Waals surface area contributed by atoms with Crippen molar-refractivity contribution in [1.29, 1.82) is 0 Å². The first-order chi connectivity index (χ1) is 18.4. The molecule has 1 N–H and O–H groups in total. The fourth-order valence-corrected chi connectivity index (χ4v) is 4.69. The normalized spacial score (nSPS) is 21.0. The van der Waals surface area contributed by atoms with Gasteiger partial charge in [-0.25, -0.2) is 4.90 Å². The molecular weight excluding hydrogens is 555 g/mol. The lowest BCUT2D eigenvalue weighted by Gasteiger charge is -2.26. The average Bonchev–Trinajstić information content (AvgIpc) is 3.43. The van der Waals surface area contributed by atoms with E-state index < -0.39 is 59.3 Å². The lowest BCUT2D eigenvalue weighted by molar-refractivity contribution is -0.154. The third-order valence-electron chi connectivity index (χ3n) is 6.86. The molecule has 2 heterocycles. The summed E-state index contributed by atoms with van der Waals surface area (Å²) < 4.78 is 128. The fraction of sp³-hybridized carbons (Fsp3) is 0.407. The van der Waals surface area contributed by atoms with Crippen LogP contribution in [0.1, 0.15) is 60.7 Å². The van der Waals surface area contributed by atoms with Crippen LogP contribution >= 0.6 is 0 Å². The van der Waals surface area contributed by atoms with Crippen molar-refractivity contribution in [3.8, 4) is 11.1 Å². The fourth-order valence-electron chi connectivity index (χ4n) is 4.69. The molecule has 1 unspecified atom stereocenters. The molecule has 1 aromatic heterocycles. The summed E-state index contributed by atoms with van der Waals surface area (Å²) in [5, 5.41) is 10.6. The van der Waals surface area contributed by atoms with E-state index in [-0.39, 0.29) is 24.2 Å². The maximum Gasteiger partial charge on any atom is 0.416 e. The number of aliphatic hydroxyl groups is 1. The highest BCUT2D eigenvalue weighted by atomic mass is 19.4. The molecule has 1 aliphatic rings. The van der Waals surface area contributed by atoms with Crippen LogP contribution in [-0.4, -0.2) is 27.0 Å². The van der Waals surface area contributed by atoms with Gasteiger partial charge in [0.05, 0.1) is 16.7 Å². The standard InChI is InChI=1S/C27H25F9N2O2/c1-14(2)37-7-6-16(12-37)22-5-4-19(25(28,29)30)10-18(22)13-38-15(3)23(40-24(38)39)17-8-20(26(31,32)33)11-21(9-17)27(34,35)36/h4-12,14-15,23-24,39H,13H2,1-3H3/t15-,23-,24?/m0/s1. The minimum absolute atomic E-state index is 0.0183. The van der Waals surface area contributed by atoms with Crippen LogP contribution in [0.3, 0.4) is 0 Å². The zero-order chi connectivity index (χ0) is 29.8. The molecule has 1 aliphatic heterocycles. The molecule has 2 aromatic carbocycles. The molecule has 0 aliphatic carbocycles. The number of nitrogens with zero attached hydrogens (tertiary/aromatic N) is 2. The largest absolute Gasteiger partial charge is 0.416 e. The highest BCUT2D eigenvalue weighted by molar-refractivity contribution is 5.67. The summed E-state index contributed by atoms with van der Waals surface area (Å²) in [6.07, 6.45) is -14.6. The van der Waals surface area contributed by atoms with Crippen molar-refractivity contribution in [2.24, 2.45) is 0 Å². The summed E-state index contributed by atoms with van der Waals surface area (Å²) in [5.41, 5.74) is -3.40. The Morgan fingerprint density at radius 2 is 1.40 bits per heavy atom. The van der Waals surface area contributed by atoms with Gasteiger partial charge in [0, 0.05) is 31.0 Å². The smallest absolute Gasteiger partial charge is 0.356 e. The molecule has 40 heavy (non-hydrogen) atoms. The Morgan fingerprint density at radius 3 is 1.90 bits per heavy atom. The Hall–Kier alpha value is -3.03. The van der Waals surface area contributed by atoms with Gasteiger partial charge in [0.1, 0.15) is 6.10 Å². The van der Waals surface area contributed by atoms with Crippen LogP contribution in [0.2, 0.25) is 0 Å². The Bertz CT molecular complexity index is 1330. The van der Waals surface area contributed by atoms with Crippen LogP contribution in [0.25, 0.3) is 11.1 Å². The van der Waals surface area contributed by atoms with E-state index in [0.717, 1.165) is 12.1 Å². The number of aromatic nitrogens is 1. The molecule has 3 aromatic rings. The molecule has 0 amide bonds. The van der Waals surface area contributed by atoms with E-state index in [9.17, 15) is 44.6 Å². The molecule has 0 spiro atoms. The lowest BCUT2D eigenvalue weighted by Crippen LogP contribution is -2.35. The second-order valence-electron chi connectivity index (χ2n) is 9.95. The average molecular weight is 580 g/mol. The number of ether oxygens (including phenoxy) is 1. The van der Waals surface area contributed by atoms with Crippen molar-refractivity contribution in [3.05, 3.63) is 82.7 Å². The molecule has 218 valence electrons. The number of hydrogen-bond donors (Lipinski definition) is 1. The monoisotopic (exact) mass is 580 g/mol. The van der Waals surface area contributed by atoms with Crippen molar-refractivity contribution in [3.63, 3.8) is 0 Å². The summed E-state index contributed by atoms with van der Waals surface area (Å²) in [6.45, 7) is 4.89. The number of aliphatic hydroxyl groups excluding tert-OH is 1. The van der Waals surface area contributed by atoms with Crippen LogP contribution in [0.4, 0.5) is 39.5 Å². The third-order valence-corrected chi connectivity index (χ3v) is 6.86. The predicted molar refractivity (Wildman–Crippen MR) is 127 cm³/mol. The Morgan fingerprint density at radius 1 is 0.825 bits per heavy atom. The lowest BCUT2D eigenvalue weighted by atomic mass is 9.96. The zero-order valence-corrected chi connectivity index (χ0v) is 21.4. The van der Waals surface area contributed by atoms with Crippen LogP contribution in [0.5, 0.6) is 0 Å². The van der Waals surface area contributed by atoms with Crippen LogP contribution in [0.15, 0.2) is 54.9 Å². The van der Waals surface area contributed by atoms with Gasteiger partial charge >= 0.3 is 18.5 Å². The summed E-state index contributed by atoms with van der Waals surface area (Å²) in [4.78, 5) is 1.18. The Kier molecular flexibility index (Phi) is 7.80. The minimum atomic E-state index is -5.09. The molecule has 1 saturated heterocycles. The van der Waals surface area contributed by atoms with E-state index in [1.807, 2.05) is 18.4 Å². The van der Waals surface area contributed by atoms with Gasteiger partial charge in [0.15, 0.2) is 0 Å². The zero-order valence-electron chi connectivity index (χ0n) is 21.4. The van der Waals surface area contributed by atoms with Gasteiger partial charge in [0.25, 0.3) is 0 Å². The SMILES string of the molecule is CC(C)n1ccc(-c2ccc(C(F)(F)F)cc2CN2C(O)O[C@H](c3cc(C(F)(F)F)cc(C(F)(F)F)c3)[C@@H]2C)c1. The molecule has 4 nitrogen and oxygen atoms in total. The van der Waals surface area contributed by atoms with Crippen LogP contribution in [0, 0.1) is 0 Å². The van der Waals surface area contributed by atoms with Crippen molar-refractivity contribution >= 4 is 0 Å². The summed E-state index contributed by atoms with van der Waals surface area (Å²) in [5.74, 6) is 0. The quantitative estimate of drug-likeness (QED) is 0.311. The number of rotatable bonds is 5. The van der Waals surface area contributed by atoms with Gasteiger partial charge < -0.3 is 14.4 Å². The van der Waals surface area contributed by atoms with E-state index in [1.54, 1.807) is 18.5 Å². The first-order valence-electron chi connectivity index (χ1n) is 12.1. The maximum absolute atomic E-state index is 13.6. The molecule has 0 radical (unpaired) electrons.